The Labute approximate surface area is 173 Å². The van der Waals surface area contributed by atoms with Gasteiger partial charge < -0.3 is 17.7 Å². The minimum Gasteiger partial charge on any atom is -0.397 e. The molecule has 0 rings (SSSR count). The van der Waals surface area contributed by atoms with E-state index in [1.54, 1.807) is 0 Å². The first-order chi connectivity index (χ1) is 12.2. The van der Waals surface area contributed by atoms with E-state index < -0.39 is 18.6 Å². The largest absolute Gasteiger partial charge is 0.397 e. The summed E-state index contributed by atoms with van der Waals surface area (Å²) in [5, 5.41) is 0.335. The zero-order valence-corrected chi connectivity index (χ0v) is 22.2. The molecule has 0 bridgehead atoms. The molecule has 0 saturated carbocycles. The predicted molar refractivity (Wildman–Crippen MR) is 123 cm³/mol. The molecule has 0 saturated heterocycles. The third kappa shape index (κ3) is 11.1. The fourth-order valence-electron chi connectivity index (χ4n) is 2.57. The van der Waals surface area contributed by atoms with Gasteiger partial charge in [0.05, 0.1) is 0 Å². The van der Waals surface area contributed by atoms with Crippen molar-refractivity contribution in [1.29, 1.82) is 0 Å². The zero-order chi connectivity index (χ0) is 20.1. The van der Waals surface area contributed by atoms with Gasteiger partial charge in [0, 0.05) is 48.0 Å². The Bertz CT molecular complexity index is 303. The average molecular weight is 443 g/mol. The van der Waals surface area contributed by atoms with E-state index in [9.17, 15) is 0 Å². The van der Waals surface area contributed by atoms with Gasteiger partial charge in [-0.15, -0.1) is 0 Å². The molecule has 0 aromatic carbocycles. The van der Waals surface area contributed by atoms with Crippen molar-refractivity contribution in [1.82, 2.24) is 0 Å². The molecule has 26 heavy (non-hydrogen) atoms. The average Bonchev–Trinajstić information content (AvgIpc) is 2.57. The summed E-state index contributed by atoms with van der Waals surface area (Å²) in [6.07, 6.45) is 2.28. The van der Waals surface area contributed by atoms with E-state index in [-0.39, 0.29) is 10.1 Å². The van der Waals surface area contributed by atoms with Crippen LogP contribution in [-0.2, 0) is 17.7 Å². The minimum absolute atomic E-state index is 0.167. The van der Waals surface area contributed by atoms with E-state index in [0.29, 0.717) is 0 Å². The van der Waals surface area contributed by atoms with E-state index in [0.717, 1.165) is 50.8 Å². The molecule has 0 radical (unpaired) electrons. The van der Waals surface area contributed by atoms with Crippen molar-refractivity contribution in [2.75, 3.05) is 37.9 Å². The molecule has 0 aromatic rings. The Balaban J connectivity index is 4.17. The first-order valence-electron chi connectivity index (χ1n) is 9.95. The van der Waals surface area contributed by atoms with Crippen LogP contribution in [0.3, 0.4) is 0 Å². The van der Waals surface area contributed by atoms with E-state index in [2.05, 4.69) is 55.4 Å². The summed E-state index contributed by atoms with van der Waals surface area (Å²) in [6.45, 7) is 20.4. The molecule has 0 amide bonds. The van der Waals surface area contributed by atoms with Crippen LogP contribution in [0.1, 0.15) is 68.2 Å². The van der Waals surface area contributed by atoms with Crippen molar-refractivity contribution in [3.63, 3.8) is 0 Å². The van der Waals surface area contributed by atoms with Crippen LogP contribution >= 0.6 is 21.6 Å². The highest BCUT2D eigenvalue weighted by atomic mass is 33.1. The lowest BCUT2D eigenvalue weighted by molar-refractivity contribution is 0.188. The van der Waals surface area contributed by atoms with E-state index in [4.69, 9.17) is 17.7 Å². The molecular formula is C18H42O4S2Si2. The molecule has 0 fully saturated rings. The van der Waals surface area contributed by atoms with Gasteiger partial charge in [0.2, 0.25) is 0 Å². The molecule has 8 heteroatoms. The molecule has 0 aliphatic carbocycles. The first-order valence-corrected chi connectivity index (χ1v) is 15.5. The molecule has 0 aliphatic heterocycles. The van der Waals surface area contributed by atoms with Gasteiger partial charge in [0.15, 0.2) is 0 Å². The summed E-state index contributed by atoms with van der Waals surface area (Å²) < 4.78 is 23.7. The maximum absolute atomic E-state index is 5.92. The van der Waals surface area contributed by atoms with Crippen LogP contribution < -0.4 is 0 Å². The summed E-state index contributed by atoms with van der Waals surface area (Å²) in [7, 11) is 0.731. The molecule has 0 aromatic heterocycles. The second-order valence-electron chi connectivity index (χ2n) is 7.61. The van der Waals surface area contributed by atoms with Crippen molar-refractivity contribution < 1.29 is 17.7 Å². The summed E-state index contributed by atoms with van der Waals surface area (Å²) in [5.41, 5.74) is 0. The fraction of sp³-hybridized carbons (Fsp3) is 1.00. The van der Waals surface area contributed by atoms with Crippen LogP contribution in [0.5, 0.6) is 0 Å². The molecule has 0 heterocycles. The standard InChI is InChI=1S/C18H42O4S2Si2/c1-9-19-25(20-10-2)17(5,6)13-15-23-24-16-14-18(7,8)26(21-11-3)22-12-4/h25-26H,9-16H2,1-8H3. The van der Waals surface area contributed by atoms with Gasteiger partial charge in [-0.3, -0.25) is 0 Å². The summed E-state index contributed by atoms with van der Waals surface area (Å²) >= 11 is 0. The summed E-state index contributed by atoms with van der Waals surface area (Å²) in [5.74, 6) is 2.28. The smallest absolute Gasteiger partial charge is 0.327 e. The van der Waals surface area contributed by atoms with Gasteiger partial charge in [-0.2, -0.15) is 0 Å². The normalized spacial score (nSPS) is 13.2. The highest BCUT2D eigenvalue weighted by Gasteiger charge is 2.35. The van der Waals surface area contributed by atoms with E-state index in [1.165, 1.54) is 0 Å². The van der Waals surface area contributed by atoms with Crippen molar-refractivity contribution in [3.05, 3.63) is 0 Å². The molecule has 0 aliphatic rings. The van der Waals surface area contributed by atoms with Crippen molar-refractivity contribution in [2.24, 2.45) is 0 Å². The number of rotatable bonds is 17. The Morgan fingerprint density at radius 2 is 0.846 bits per heavy atom. The molecule has 158 valence electrons. The molecule has 0 unspecified atom stereocenters. The molecule has 0 N–H and O–H groups in total. The number of hydrogen-bond donors (Lipinski definition) is 0. The van der Waals surface area contributed by atoms with Crippen LogP contribution in [0.2, 0.25) is 10.1 Å². The van der Waals surface area contributed by atoms with E-state index >= 15 is 0 Å². The molecular weight excluding hydrogens is 401 g/mol. The maximum atomic E-state index is 5.92. The van der Waals surface area contributed by atoms with Crippen molar-refractivity contribution in [2.45, 2.75) is 78.3 Å². The Morgan fingerprint density at radius 1 is 0.577 bits per heavy atom. The lowest BCUT2D eigenvalue weighted by Crippen LogP contribution is -2.35. The SMILES string of the molecule is CCO[SiH](OCC)C(C)(C)CCSSCCC(C)(C)[SiH](OCC)OCC. The maximum Gasteiger partial charge on any atom is 0.327 e. The quantitative estimate of drug-likeness (QED) is 0.173. The van der Waals surface area contributed by atoms with E-state index in [1.807, 2.05) is 21.6 Å². The van der Waals surface area contributed by atoms with Gasteiger partial charge in [0.25, 0.3) is 0 Å². The number of hydrogen-bond acceptors (Lipinski definition) is 6. The third-order valence-electron chi connectivity index (χ3n) is 4.29. The first kappa shape index (κ1) is 27.0. The monoisotopic (exact) mass is 442 g/mol. The second-order valence-corrected chi connectivity index (χ2v) is 16.1. The Kier molecular flexibility index (Phi) is 15.5. The minimum atomic E-state index is -1.61. The van der Waals surface area contributed by atoms with Gasteiger partial charge in [0.1, 0.15) is 0 Å². The second kappa shape index (κ2) is 14.9. The zero-order valence-electron chi connectivity index (χ0n) is 18.3. The molecule has 0 atom stereocenters. The highest BCUT2D eigenvalue weighted by Crippen LogP contribution is 2.40. The summed E-state index contributed by atoms with van der Waals surface area (Å²) in [4.78, 5) is 0. The van der Waals surface area contributed by atoms with Gasteiger partial charge >= 0.3 is 18.6 Å². The van der Waals surface area contributed by atoms with Crippen LogP contribution in [0, 0.1) is 0 Å². The Hall–Kier alpha value is 0.974. The van der Waals surface area contributed by atoms with Gasteiger partial charge in [-0.25, -0.2) is 0 Å². The van der Waals surface area contributed by atoms with Gasteiger partial charge in [-0.1, -0.05) is 49.3 Å². The highest BCUT2D eigenvalue weighted by molar-refractivity contribution is 8.76. The van der Waals surface area contributed by atoms with Crippen LogP contribution in [0.15, 0.2) is 0 Å². The fourth-order valence-corrected chi connectivity index (χ4v) is 9.62. The summed E-state index contributed by atoms with van der Waals surface area (Å²) in [6, 6.07) is 0. The predicted octanol–water partition coefficient (Wildman–Crippen LogP) is 5.30. The lowest BCUT2D eigenvalue weighted by Gasteiger charge is -2.32. The van der Waals surface area contributed by atoms with Crippen LogP contribution in [0.4, 0.5) is 0 Å². The lowest BCUT2D eigenvalue weighted by atomic mass is 10.1. The van der Waals surface area contributed by atoms with Gasteiger partial charge in [-0.05, 0) is 40.5 Å². The van der Waals surface area contributed by atoms with Crippen molar-refractivity contribution in [3.8, 4) is 0 Å². The van der Waals surface area contributed by atoms with Crippen molar-refractivity contribution >= 4 is 40.2 Å². The molecule has 4 nitrogen and oxygen atoms in total. The molecule has 0 spiro atoms. The topological polar surface area (TPSA) is 36.9 Å². The van der Waals surface area contributed by atoms with Crippen LogP contribution in [0.25, 0.3) is 0 Å². The van der Waals surface area contributed by atoms with Crippen LogP contribution in [-0.4, -0.2) is 56.5 Å². The Morgan fingerprint density at radius 3 is 1.08 bits per heavy atom. The third-order valence-corrected chi connectivity index (χ3v) is 12.4.